The zero-order valence-electron chi connectivity index (χ0n) is 10.2. The van der Waals surface area contributed by atoms with Gasteiger partial charge in [-0.1, -0.05) is 19.1 Å². The highest BCUT2D eigenvalue weighted by Crippen LogP contribution is 2.13. The van der Waals surface area contributed by atoms with Gasteiger partial charge in [-0.05, 0) is 19.1 Å². The van der Waals surface area contributed by atoms with Crippen LogP contribution in [0.1, 0.15) is 30.6 Å². The normalized spacial score (nSPS) is 12.7. The molecule has 0 saturated heterocycles. The van der Waals surface area contributed by atoms with Gasteiger partial charge < -0.3 is 0 Å². The van der Waals surface area contributed by atoms with E-state index in [4.69, 9.17) is 5.26 Å². The van der Waals surface area contributed by atoms with E-state index in [0.29, 0.717) is 12.0 Å². The van der Waals surface area contributed by atoms with Crippen molar-refractivity contribution in [2.75, 3.05) is 0 Å². The number of nitrogens with one attached hydrogen (secondary N) is 1. The van der Waals surface area contributed by atoms with Crippen molar-refractivity contribution in [1.82, 2.24) is 4.72 Å². The van der Waals surface area contributed by atoms with Crippen LogP contribution in [0.15, 0.2) is 29.2 Å². The molecule has 5 nitrogen and oxygen atoms in total. The van der Waals surface area contributed by atoms with Crippen molar-refractivity contribution in [3.63, 3.8) is 0 Å². The van der Waals surface area contributed by atoms with Gasteiger partial charge >= 0.3 is 0 Å². The maximum atomic E-state index is 11.9. The summed E-state index contributed by atoms with van der Waals surface area (Å²) >= 11 is 0. The Morgan fingerprint density at radius 3 is 2.72 bits per heavy atom. The molecular formula is C12H14N2O3S. The summed E-state index contributed by atoms with van der Waals surface area (Å²) in [6.07, 6.45) is 0.311. The molecule has 0 saturated carbocycles. The zero-order valence-corrected chi connectivity index (χ0v) is 11.0. The molecule has 1 rings (SSSR count). The average molecular weight is 266 g/mol. The first-order valence-electron chi connectivity index (χ1n) is 5.46. The lowest BCUT2D eigenvalue weighted by molar-refractivity contribution is 0.0988. The van der Waals surface area contributed by atoms with Crippen molar-refractivity contribution in [3.05, 3.63) is 29.8 Å². The molecule has 0 aromatic heterocycles. The SMILES string of the molecule is CCC(=O)c1cccc(S(=O)(=O)N[C@@H](C)C#N)c1. The molecule has 1 aromatic carbocycles. The summed E-state index contributed by atoms with van der Waals surface area (Å²) in [4.78, 5) is 11.5. The predicted octanol–water partition coefficient (Wildman–Crippen LogP) is 1.47. The van der Waals surface area contributed by atoms with Crippen LogP contribution in [0.5, 0.6) is 0 Å². The Labute approximate surface area is 106 Å². The fourth-order valence-electron chi connectivity index (χ4n) is 1.37. The Morgan fingerprint density at radius 1 is 1.50 bits per heavy atom. The summed E-state index contributed by atoms with van der Waals surface area (Å²) in [6.45, 7) is 3.15. The number of ketones is 1. The van der Waals surface area contributed by atoms with Crippen LogP contribution in [0, 0.1) is 11.3 Å². The van der Waals surface area contributed by atoms with Crippen molar-refractivity contribution in [2.24, 2.45) is 0 Å². The number of benzene rings is 1. The standard InChI is InChI=1S/C12H14N2O3S/c1-3-12(15)10-5-4-6-11(7-10)18(16,17)14-9(2)8-13/h4-7,9,14H,3H2,1-2H3/t9-/m0/s1. The molecule has 0 aliphatic heterocycles. The van der Waals surface area contributed by atoms with E-state index in [2.05, 4.69) is 4.72 Å². The van der Waals surface area contributed by atoms with E-state index < -0.39 is 16.1 Å². The quantitative estimate of drug-likeness (QED) is 0.817. The summed E-state index contributed by atoms with van der Waals surface area (Å²) in [5, 5.41) is 8.59. The second kappa shape index (κ2) is 5.76. The number of hydrogen-bond donors (Lipinski definition) is 1. The van der Waals surface area contributed by atoms with Gasteiger partial charge in [0.15, 0.2) is 5.78 Å². The van der Waals surface area contributed by atoms with Crippen LogP contribution >= 0.6 is 0 Å². The second-order valence-electron chi connectivity index (χ2n) is 3.78. The molecule has 0 heterocycles. The van der Waals surface area contributed by atoms with E-state index in [-0.39, 0.29) is 10.7 Å². The van der Waals surface area contributed by atoms with Crippen LogP contribution in [-0.4, -0.2) is 20.2 Å². The molecule has 0 fully saturated rings. The molecule has 1 aromatic rings. The number of rotatable bonds is 5. The van der Waals surface area contributed by atoms with Gasteiger partial charge in [0.1, 0.15) is 6.04 Å². The minimum atomic E-state index is -3.76. The van der Waals surface area contributed by atoms with E-state index in [0.717, 1.165) is 0 Å². The third-order valence-electron chi connectivity index (χ3n) is 2.31. The van der Waals surface area contributed by atoms with Gasteiger partial charge in [-0.3, -0.25) is 4.79 Å². The van der Waals surface area contributed by atoms with Gasteiger partial charge in [-0.25, -0.2) is 8.42 Å². The molecule has 1 N–H and O–H groups in total. The molecule has 6 heteroatoms. The molecule has 96 valence electrons. The predicted molar refractivity (Wildman–Crippen MR) is 66.5 cm³/mol. The van der Waals surface area contributed by atoms with Gasteiger partial charge in [0.2, 0.25) is 10.0 Å². The molecule has 0 aliphatic rings. The second-order valence-corrected chi connectivity index (χ2v) is 5.49. The van der Waals surface area contributed by atoms with E-state index >= 15 is 0 Å². The van der Waals surface area contributed by atoms with Gasteiger partial charge in [-0.2, -0.15) is 9.98 Å². The number of sulfonamides is 1. The number of hydrogen-bond acceptors (Lipinski definition) is 4. The number of carbonyl (C=O) groups is 1. The smallest absolute Gasteiger partial charge is 0.241 e. The highest BCUT2D eigenvalue weighted by Gasteiger charge is 2.18. The van der Waals surface area contributed by atoms with Crippen molar-refractivity contribution in [3.8, 4) is 6.07 Å². The maximum Gasteiger partial charge on any atom is 0.241 e. The number of nitriles is 1. The number of nitrogens with zero attached hydrogens (tertiary/aromatic N) is 1. The molecule has 0 spiro atoms. The van der Waals surface area contributed by atoms with Gasteiger partial charge in [0, 0.05) is 12.0 Å². The summed E-state index contributed by atoms with van der Waals surface area (Å²) in [5.41, 5.74) is 0.352. The Hall–Kier alpha value is -1.71. The van der Waals surface area contributed by atoms with E-state index in [9.17, 15) is 13.2 Å². The number of carbonyl (C=O) groups excluding carboxylic acids is 1. The minimum Gasteiger partial charge on any atom is -0.294 e. The Balaban J connectivity index is 3.11. The molecular weight excluding hydrogens is 252 g/mol. The molecule has 0 bridgehead atoms. The lowest BCUT2D eigenvalue weighted by Gasteiger charge is -2.08. The largest absolute Gasteiger partial charge is 0.294 e. The molecule has 18 heavy (non-hydrogen) atoms. The molecule has 0 radical (unpaired) electrons. The van der Waals surface area contributed by atoms with Gasteiger partial charge in [-0.15, -0.1) is 0 Å². The monoisotopic (exact) mass is 266 g/mol. The fourth-order valence-corrected chi connectivity index (χ4v) is 2.56. The molecule has 1 atom stereocenters. The van der Waals surface area contributed by atoms with Crippen LogP contribution in [-0.2, 0) is 10.0 Å². The van der Waals surface area contributed by atoms with Crippen LogP contribution in [0.25, 0.3) is 0 Å². The molecule has 0 unspecified atom stereocenters. The van der Waals surface area contributed by atoms with E-state index in [1.165, 1.54) is 25.1 Å². The summed E-state index contributed by atoms with van der Waals surface area (Å²) in [7, 11) is -3.76. The van der Waals surface area contributed by atoms with Crippen molar-refractivity contribution in [2.45, 2.75) is 31.2 Å². The Kier molecular flexibility index (Phi) is 4.59. The Bertz CT molecular complexity index is 588. The van der Waals surface area contributed by atoms with Crippen LogP contribution in [0.4, 0.5) is 0 Å². The van der Waals surface area contributed by atoms with Gasteiger partial charge in [0.25, 0.3) is 0 Å². The fraction of sp³-hybridized carbons (Fsp3) is 0.333. The minimum absolute atomic E-state index is 0.0103. The highest BCUT2D eigenvalue weighted by molar-refractivity contribution is 7.89. The molecule has 0 amide bonds. The zero-order chi connectivity index (χ0) is 13.8. The Morgan fingerprint density at radius 2 is 2.17 bits per heavy atom. The van der Waals surface area contributed by atoms with Crippen LogP contribution < -0.4 is 4.72 Å². The third-order valence-corrected chi connectivity index (χ3v) is 3.85. The summed E-state index contributed by atoms with van der Waals surface area (Å²) in [6, 6.07) is 6.75. The van der Waals surface area contributed by atoms with Gasteiger partial charge in [0.05, 0.1) is 11.0 Å². The number of Topliss-reactive ketones (excluding diaryl/α,β-unsaturated/α-hetero) is 1. The maximum absolute atomic E-state index is 11.9. The van der Waals surface area contributed by atoms with Crippen molar-refractivity contribution < 1.29 is 13.2 Å². The van der Waals surface area contributed by atoms with Crippen LogP contribution in [0.3, 0.4) is 0 Å². The lowest BCUT2D eigenvalue weighted by atomic mass is 10.1. The first kappa shape index (κ1) is 14.4. The van der Waals surface area contributed by atoms with E-state index in [1.54, 1.807) is 19.1 Å². The van der Waals surface area contributed by atoms with Crippen molar-refractivity contribution >= 4 is 15.8 Å². The lowest BCUT2D eigenvalue weighted by Crippen LogP contribution is -2.31. The summed E-state index contributed by atoms with van der Waals surface area (Å²) in [5.74, 6) is -0.125. The first-order valence-corrected chi connectivity index (χ1v) is 6.94. The van der Waals surface area contributed by atoms with Crippen molar-refractivity contribution in [1.29, 1.82) is 5.26 Å². The molecule has 0 aliphatic carbocycles. The van der Waals surface area contributed by atoms with E-state index in [1.807, 2.05) is 0 Å². The first-order chi connectivity index (χ1) is 8.40. The van der Waals surface area contributed by atoms with Crippen LogP contribution in [0.2, 0.25) is 0 Å². The third kappa shape index (κ3) is 3.39. The highest BCUT2D eigenvalue weighted by atomic mass is 32.2. The topological polar surface area (TPSA) is 87.0 Å². The summed E-state index contributed by atoms with van der Waals surface area (Å²) < 4.78 is 26.0. The average Bonchev–Trinajstić information content (AvgIpc) is 2.37.